The van der Waals surface area contributed by atoms with Crippen molar-refractivity contribution in [1.29, 1.82) is 0 Å². The highest BCUT2D eigenvalue weighted by Gasteiger charge is 1.99. The van der Waals surface area contributed by atoms with Gasteiger partial charge in [0, 0.05) is 11.8 Å². The Morgan fingerprint density at radius 1 is 1.50 bits per heavy atom. The van der Waals surface area contributed by atoms with Gasteiger partial charge >= 0.3 is 0 Å². The molecule has 0 saturated heterocycles. The van der Waals surface area contributed by atoms with E-state index < -0.39 is 0 Å². The maximum atomic E-state index is 5.81. The summed E-state index contributed by atoms with van der Waals surface area (Å²) in [5.41, 5.74) is 8.04. The van der Waals surface area contributed by atoms with Gasteiger partial charge < -0.3 is 11.1 Å². The van der Waals surface area contributed by atoms with Gasteiger partial charge in [0.1, 0.15) is 5.82 Å². The topological polar surface area (TPSA) is 50.9 Å². The highest BCUT2D eigenvalue weighted by Crippen LogP contribution is 2.18. The number of hydrogen-bond donors (Lipinski definition) is 2. The molecule has 88 valence electrons. The van der Waals surface area contributed by atoms with Gasteiger partial charge in [0.25, 0.3) is 0 Å². The lowest BCUT2D eigenvalue weighted by molar-refractivity contribution is 0.678. The average Bonchev–Trinajstić information content (AvgIpc) is 2.29. The molecule has 0 aliphatic carbocycles. The quantitative estimate of drug-likeness (QED) is 0.723. The first-order valence-electron chi connectivity index (χ1n) is 5.84. The third-order valence-electron chi connectivity index (χ3n) is 2.46. The molecular formula is C13H21N3. The molecule has 0 bridgehead atoms. The van der Waals surface area contributed by atoms with Crippen LogP contribution in [-0.4, -0.2) is 18.1 Å². The first-order valence-corrected chi connectivity index (χ1v) is 5.84. The Labute approximate surface area is 97.8 Å². The van der Waals surface area contributed by atoms with E-state index in [-0.39, 0.29) is 0 Å². The van der Waals surface area contributed by atoms with Crippen LogP contribution in [0.4, 0.5) is 5.82 Å². The fourth-order valence-electron chi connectivity index (χ4n) is 1.55. The number of rotatable bonds is 6. The van der Waals surface area contributed by atoms with Gasteiger partial charge in [-0.2, -0.15) is 0 Å². The van der Waals surface area contributed by atoms with Crippen molar-refractivity contribution < 1.29 is 0 Å². The molecule has 1 heterocycles. The molecule has 0 atom stereocenters. The molecule has 3 N–H and O–H groups in total. The molecule has 1 rings (SSSR count). The number of aromatic nitrogens is 1. The van der Waals surface area contributed by atoms with E-state index in [9.17, 15) is 0 Å². The van der Waals surface area contributed by atoms with Gasteiger partial charge in [0.05, 0.1) is 0 Å². The summed E-state index contributed by atoms with van der Waals surface area (Å²) in [6.07, 6.45) is 6.13. The van der Waals surface area contributed by atoms with Crippen molar-refractivity contribution >= 4 is 11.4 Å². The minimum absolute atomic E-state index is 0.609. The third kappa shape index (κ3) is 4.03. The number of allylic oxidation sites excluding steroid dienone is 1. The van der Waals surface area contributed by atoms with Crippen molar-refractivity contribution in [2.24, 2.45) is 0 Å². The Balaban J connectivity index is 2.47. The minimum Gasteiger partial charge on any atom is -0.383 e. The molecule has 3 nitrogen and oxygen atoms in total. The first kappa shape index (κ1) is 12.7. The van der Waals surface area contributed by atoms with Crippen LogP contribution in [0.2, 0.25) is 0 Å². The zero-order chi connectivity index (χ0) is 11.8. The summed E-state index contributed by atoms with van der Waals surface area (Å²) in [6.45, 7) is 6.35. The van der Waals surface area contributed by atoms with Crippen LogP contribution in [-0.2, 0) is 0 Å². The molecule has 1 aromatic heterocycles. The Hall–Kier alpha value is -1.35. The number of hydrogen-bond acceptors (Lipinski definition) is 3. The van der Waals surface area contributed by atoms with E-state index in [1.807, 2.05) is 12.1 Å². The smallest absolute Gasteiger partial charge is 0.130 e. The monoisotopic (exact) mass is 219 g/mol. The maximum Gasteiger partial charge on any atom is 0.130 e. The minimum atomic E-state index is 0.609. The number of nitrogens with one attached hydrogen (secondary N) is 1. The Kier molecular flexibility index (Phi) is 5.57. The lowest BCUT2D eigenvalue weighted by Gasteiger charge is -2.05. The van der Waals surface area contributed by atoms with Crippen molar-refractivity contribution in [3.63, 3.8) is 0 Å². The van der Waals surface area contributed by atoms with Gasteiger partial charge in [0.15, 0.2) is 0 Å². The van der Waals surface area contributed by atoms with Crippen molar-refractivity contribution in [2.75, 3.05) is 18.8 Å². The molecule has 0 aliphatic rings. The predicted molar refractivity (Wildman–Crippen MR) is 70.1 cm³/mol. The zero-order valence-electron chi connectivity index (χ0n) is 10.2. The normalized spacial score (nSPS) is 11.8. The van der Waals surface area contributed by atoms with Gasteiger partial charge in [-0.25, -0.2) is 4.98 Å². The summed E-state index contributed by atoms with van der Waals surface area (Å²) in [4.78, 5) is 4.08. The summed E-state index contributed by atoms with van der Waals surface area (Å²) in [6, 6.07) is 3.92. The lowest BCUT2D eigenvalue weighted by atomic mass is 10.1. The number of nitrogen functional groups attached to an aromatic ring is 1. The van der Waals surface area contributed by atoms with Crippen LogP contribution >= 0.6 is 0 Å². The van der Waals surface area contributed by atoms with Crippen LogP contribution in [0.15, 0.2) is 24.4 Å². The van der Waals surface area contributed by atoms with Gasteiger partial charge in [0.2, 0.25) is 0 Å². The number of nitrogens with two attached hydrogens (primary N) is 1. The molecule has 0 radical (unpaired) electrons. The average molecular weight is 219 g/mol. The molecule has 0 saturated carbocycles. The van der Waals surface area contributed by atoms with Crippen molar-refractivity contribution in [2.45, 2.75) is 26.7 Å². The van der Waals surface area contributed by atoms with E-state index in [0.717, 1.165) is 25.1 Å². The summed E-state index contributed by atoms with van der Waals surface area (Å²) in [5.74, 6) is 0.609. The Bertz CT molecular complexity index is 345. The highest BCUT2D eigenvalue weighted by atomic mass is 14.8. The summed E-state index contributed by atoms with van der Waals surface area (Å²) in [5, 5.41) is 3.37. The summed E-state index contributed by atoms with van der Waals surface area (Å²) in [7, 11) is 0. The number of anilines is 1. The van der Waals surface area contributed by atoms with E-state index in [1.54, 1.807) is 6.20 Å². The lowest BCUT2D eigenvalue weighted by Crippen LogP contribution is -2.15. The molecule has 0 fully saturated rings. The molecule has 0 aliphatic heterocycles. The van der Waals surface area contributed by atoms with E-state index in [1.165, 1.54) is 12.0 Å². The maximum absolute atomic E-state index is 5.81. The molecule has 0 spiro atoms. The Morgan fingerprint density at radius 3 is 3.00 bits per heavy atom. The molecule has 3 heteroatoms. The largest absolute Gasteiger partial charge is 0.383 e. The van der Waals surface area contributed by atoms with Crippen LogP contribution in [0.25, 0.3) is 5.57 Å². The van der Waals surface area contributed by atoms with E-state index in [0.29, 0.717) is 5.82 Å². The fourth-order valence-corrected chi connectivity index (χ4v) is 1.55. The van der Waals surface area contributed by atoms with Crippen LogP contribution in [0, 0.1) is 0 Å². The zero-order valence-corrected chi connectivity index (χ0v) is 10.2. The van der Waals surface area contributed by atoms with Gasteiger partial charge in [-0.1, -0.05) is 13.0 Å². The van der Waals surface area contributed by atoms with Crippen molar-refractivity contribution in [1.82, 2.24) is 10.3 Å². The fraction of sp³-hybridized carbons (Fsp3) is 0.462. The van der Waals surface area contributed by atoms with Crippen LogP contribution in [0.5, 0.6) is 0 Å². The van der Waals surface area contributed by atoms with Crippen molar-refractivity contribution in [3.05, 3.63) is 30.0 Å². The second kappa shape index (κ2) is 7.01. The van der Waals surface area contributed by atoms with E-state index >= 15 is 0 Å². The van der Waals surface area contributed by atoms with Crippen molar-refractivity contribution in [3.8, 4) is 0 Å². The number of pyridine rings is 1. The van der Waals surface area contributed by atoms with E-state index in [4.69, 9.17) is 5.73 Å². The Morgan fingerprint density at radius 2 is 2.31 bits per heavy atom. The molecular weight excluding hydrogens is 198 g/mol. The van der Waals surface area contributed by atoms with Gasteiger partial charge in [-0.15, -0.1) is 0 Å². The second-order valence-electron chi connectivity index (χ2n) is 3.86. The molecule has 0 aromatic carbocycles. The molecule has 0 unspecified atom stereocenters. The first-order chi connectivity index (χ1) is 7.75. The molecule has 1 aromatic rings. The molecule has 16 heavy (non-hydrogen) atoms. The van der Waals surface area contributed by atoms with Crippen LogP contribution < -0.4 is 11.1 Å². The van der Waals surface area contributed by atoms with Gasteiger partial charge in [-0.05, 0) is 50.6 Å². The summed E-state index contributed by atoms with van der Waals surface area (Å²) < 4.78 is 0. The van der Waals surface area contributed by atoms with Crippen LogP contribution in [0.1, 0.15) is 32.3 Å². The van der Waals surface area contributed by atoms with Crippen LogP contribution in [0.3, 0.4) is 0 Å². The van der Waals surface area contributed by atoms with E-state index in [2.05, 4.69) is 30.2 Å². The SMILES string of the molecule is CCCNCCC=C(C)c1cccnc1N. The third-order valence-corrected chi connectivity index (χ3v) is 2.46. The highest BCUT2D eigenvalue weighted by molar-refractivity contribution is 5.71. The molecule has 0 amide bonds. The number of nitrogens with zero attached hydrogens (tertiary/aromatic N) is 1. The van der Waals surface area contributed by atoms with Gasteiger partial charge in [-0.3, -0.25) is 0 Å². The standard InChI is InChI=1S/C13H21N3/c1-3-8-15-9-4-6-11(2)12-7-5-10-16-13(12)14/h5-7,10,15H,3-4,8-9H2,1-2H3,(H2,14,16). The predicted octanol–water partition coefficient (Wildman–Crippen LogP) is 2.46. The summed E-state index contributed by atoms with van der Waals surface area (Å²) >= 11 is 0. The second-order valence-corrected chi connectivity index (χ2v) is 3.86.